The molecule has 0 aliphatic carbocycles. The van der Waals surface area contributed by atoms with E-state index in [2.05, 4.69) is 25.5 Å². The van der Waals surface area contributed by atoms with Crippen LogP contribution in [0.15, 0.2) is 0 Å². The lowest BCUT2D eigenvalue weighted by molar-refractivity contribution is -0.0846. The maximum Gasteiger partial charge on any atom is 0.166 e. The number of rotatable bonds is 3. The van der Waals surface area contributed by atoms with E-state index in [1.807, 2.05) is 19.0 Å². The second-order valence-corrected chi connectivity index (χ2v) is 3.68. The lowest BCUT2D eigenvalue weighted by Gasteiger charge is -2.13. The van der Waals surface area contributed by atoms with Crippen molar-refractivity contribution in [2.24, 2.45) is 5.92 Å². The van der Waals surface area contributed by atoms with Crippen LogP contribution in [0.2, 0.25) is 0 Å². The van der Waals surface area contributed by atoms with Gasteiger partial charge >= 0.3 is 0 Å². The third-order valence-electron chi connectivity index (χ3n) is 0.793. The zero-order valence-electron chi connectivity index (χ0n) is 9.16. The Morgan fingerprint density at radius 3 is 1.67 bits per heavy atom. The number of likely N-dealkylation sites (N-methyl/N-ethyl adjacent to an activating group) is 1. The van der Waals surface area contributed by atoms with Crippen LogP contribution in [-0.4, -0.2) is 44.0 Å². The lowest BCUT2D eigenvalue weighted by atomic mass is 10.3. The molecule has 1 atom stereocenters. The minimum atomic E-state index is -0.648. The molecule has 1 unspecified atom stereocenters. The molecule has 0 aliphatic rings. The minimum absolute atomic E-state index is 0.552. The van der Waals surface area contributed by atoms with Crippen LogP contribution in [0, 0.1) is 5.92 Å². The predicted octanol–water partition coefficient (Wildman–Crippen LogP) is 1.18. The summed E-state index contributed by atoms with van der Waals surface area (Å²) in [5, 5.41) is 8.76. The SMILES string of the molecule is CC(C)C.COC(O)CN(C)C. The van der Waals surface area contributed by atoms with Crippen molar-refractivity contribution in [2.75, 3.05) is 27.7 Å². The highest BCUT2D eigenvalue weighted by atomic mass is 16.6. The monoisotopic (exact) mass is 177 g/mol. The molecular weight excluding hydrogens is 154 g/mol. The van der Waals surface area contributed by atoms with Crippen molar-refractivity contribution < 1.29 is 9.84 Å². The maximum absolute atomic E-state index is 8.76. The van der Waals surface area contributed by atoms with Crippen molar-refractivity contribution in [3.8, 4) is 0 Å². The molecule has 0 aliphatic heterocycles. The van der Waals surface area contributed by atoms with Gasteiger partial charge in [-0.05, 0) is 20.0 Å². The van der Waals surface area contributed by atoms with Crippen LogP contribution >= 0.6 is 0 Å². The van der Waals surface area contributed by atoms with Gasteiger partial charge in [-0.3, -0.25) is 0 Å². The molecule has 0 aromatic rings. The molecule has 3 heteroatoms. The average Bonchev–Trinajstić information content (AvgIpc) is 1.84. The van der Waals surface area contributed by atoms with Crippen LogP contribution in [0.4, 0.5) is 0 Å². The van der Waals surface area contributed by atoms with Crippen molar-refractivity contribution >= 4 is 0 Å². The number of hydrogen-bond acceptors (Lipinski definition) is 3. The molecule has 0 fully saturated rings. The van der Waals surface area contributed by atoms with Gasteiger partial charge in [0.1, 0.15) is 0 Å². The molecule has 12 heavy (non-hydrogen) atoms. The van der Waals surface area contributed by atoms with Gasteiger partial charge in [0.05, 0.1) is 0 Å². The summed E-state index contributed by atoms with van der Waals surface area (Å²) < 4.78 is 4.57. The Balaban J connectivity index is 0. The van der Waals surface area contributed by atoms with E-state index in [1.54, 1.807) is 0 Å². The van der Waals surface area contributed by atoms with E-state index in [-0.39, 0.29) is 0 Å². The van der Waals surface area contributed by atoms with Crippen molar-refractivity contribution in [2.45, 2.75) is 27.1 Å². The third kappa shape index (κ3) is 22.5. The zero-order chi connectivity index (χ0) is 10.1. The van der Waals surface area contributed by atoms with Crippen LogP contribution < -0.4 is 0 Å². The summed E-state index contributed by atoms with van der Waals surface area (Å²) >= 11 is 0. The second kappa shape index (κ2) is 8.97. The number of hydrogen-bond donors (Lipinski definition) is 1. The highest BCUT2D eigenvalue weighted by molar-refractivity contribution is 4.43. The standard InChI is InChI=1S/C5H13NO2.C4H10/c1-6(2)4-5(7)8-3;1-4(2)3/h5,7H,4H2,1-3H3;4H,1-3H3. The van der Waals surface area contributed by atoms with E-state index in [0.717, 1.165) is 5.92 Å². The highest BCUT2D eigenvalue weighted by Gasteiger charge is 1.99. The van der Waals surface area contributed by atoms with Gasteiger partial charge < -0.3 is 14.7 Å². The fraction of sp³-hybridized carbons (Fsp3) is 1.00. The van der Waals surface area contributed by atoms with Crippen LogP contribution in [0.25, 0.3) is 0 Å². The van der Waals surface area contributed by atoms with E-state index in [0.29, 0.717) is 6.54 Å². The first-order valence-corrected chi connectivity index (χ1v) is 4.25. The van der Waals surface area contributed by atoms with Crippen molar-refractivity contribution in [3.05, 3.63) is 0 Å². The van der Waals surface area contributed by atoms with Gasteiger partial charge in [-0.25, -0.2) is 0 Å². The van der Waals surface area contributed by atoms with Crippen LogP contribution in [0.5, 0.6) is 0 Å². The Hall–Kier alpha value is -0.120. The molecule has 0 rings (SSSR count). The molecule has 0 aromatic carbocycles. The summed E-state index contributed by atoms with van der Waals surface area (Å²) in [6, 6.07) is 0. The van der Waals surface area contributed by atoms with Crippen LogP contribution in [0.3, 0.4) is 0 Å². The Kier molecular flexibility index (Phi) is 10.8. The first kappa shape index (κ1) is 14.4. The Morgan fingerprint density at radius 2 is 1.58 bits per heavy atom. The molecule has 0 saturated heterocycles. The normalized spacial score (nSPS) is 12.8. The fourth-order valence-electron chi connectivity index (χ4n) is 0.387. The quantitative estimate of drug-likeness (QED) is 0.657. The summed E-state index contributed by atoms with van der Waals surface area (Å²) in [5.41, 5.74) is 0. The van der Waals surface area contributed by atoms with E-state index in [9.17, 15) is 0 Å². The summed E-state index contributed by atoms with van der Waals surface area (Å²) in [5.74, 6) is 0.833. The zero-order valence-corrected chi connectivity index (χ0v) is 9.16. The number of nitrogens with zero attached hydrogens (tertiary/aromatic N) is 1. The van der Waals surface area contributed by atoms with Gasteiger partial charge in [0.25, 0.3) is 0 Å². The molecule has 1 N–H and O–H groups in total. The van der Waals surface area contributed by atoms with Crippen LogP contribution in [0.1, 0.15) is 20.8 Å². The van der Waals surface area contributed by atoms with Crippen molar-refractivity contribution in [1.82, 2.24) is 4.90 Å². The molecule has 0 spiro atoms. The number of ether oxygens (including phenoxy) is 1. The van der Waals surface area contributed by atoms with E-state index in [1.165, 1.54) is 7.11 Å². The molecule has 0 heterocycles. The summed E-state index contributed by atoms with van der Waals surface area (Å²) in [6.45, 7) is 7.05. The molecule has 3 nitrogen and oxygen atoms in total. The molecule has 0 saturated carbocycles. The predicted molar refractivity (Wildman–Crippen MR) is 52.1 cm³/mol. The average molecular weight is 177 g/mol. The van der Waals surface area contributed by atoms with E-state index < -0.39 is 6.29 Å². The maximum atomic E-state index is 8.76. The van der Waals surface area contributed by atoms with Gasteiger partial charge in [0.2, 0.25) is 0 Å². The Labute approximate surface area is 76.3 Å². The largest absolute Gasteiger partial charge is 0.367 e. The number of aliphatic hydroxyl groups excluding tert-OH is 1. The Bertz CT molecular complexity index is 81.8. The van der Waals surface area contributed by atoms with Crippen molar-refractivity contribution in [3.63, 3.8) is 0 Å². The van der Waals surface area contributed by atoms with E-state index >= 15 is 0 Å². The summed E-state index contributed by atoms with van der Waals surface area (Å²) in [7, 11) is 5.23. The van der Waals surface area contributed by atoms with Gasteiger partial charge in [0, 0.05) is 13.7 Å². The molecule has 0 amide bonds. The third-order valence-corrected chi connectivity index (χ3v) is 0.793. The number of methoxy groups -OCH3 is 1. The van der Waals surface area contributed by atoms with Crippen molar-refractivity contribution in [1.29, 1.82) is 0 Å². The second-order valence-electron chi connectivity index (χ2n) is 3.68. The highest BCUT2D eigenvalue weighted by Crippen LogP contribution is 1.83. The van der Waals surface area contributed by atoms with Crippen LogP contribution in [-0.2, 0) is 4.74 Å². The first-order valence-electron chi connectivity index (χ1n) is 4.25. The fourth-order valence-corrected chi connectivity index (χ4v) is 0.387. The first-order chi connectivity index (χ1) is 5.40. The molecule has 0 radical (unpaired) electrons. The summed E-state index contributed by atoms with van der Waals surface area (Å²) in [6.07, 6.45) is -0.648. The molecule has 0 bridgehead atoms. The summed E-state index contributed by atoms with van der Waals surface area (Å²) in [4.78, 5) is 1.86. The molecular formula is C9H23NO2. The molecule has 76 valence electrons. The lowest BCUT2D eigenvalue weighted by Crippen LogP contribution is -2.26. The van der Waals surface area contributed by atoms with Gasteiger partial charge in [-0.1, -0.05) is 20.8 Å². The Morgan fingerprint density at radius 1 is 1.25 bits per heavy atom. The smallest absolute Gasteiger partial charge is 0.166 e. The van der Waals surface area contributed by atoms with E-state index in [4.69, 9.17) is 5.11 Å². The minimum Gasteiger partial charge on any atom is -0.367 e. The van der Waals surface area contributed by atoms with Gasteiger partial charge in [0.15, 0.2) is 6.29 Å². The van der Waals surface area contributed by atoms with Gasteiger partial charge in [-0.2, -0.15) is 0 Å². The topological polar surface area (TPSA) is 32.7 Å². The number of aliphatic hydroxyl groups is 1. The van der Waals surface area contributed by atoms with Gasteiger partial charge in [-0.15, -0.1) is 0 Å². The molecule has 0 aromatic heterocycles.